The molecule has 0 spiro atoms. The van der Waals surface area contributed by atoms with Crippen LogP contribution < -0.4 is 5.73 Å². The van der Waals surface area contributed by atoms with Gasteiger partial charge in [-0.05, 0) is 31.0 Å². The highest BCUT2D eigenvalue weighted by atomic mass is 35.5. The average molecular weight is 303 g/mol. The van der Waals surface area contributed by atoms with Crippen LogP contribution in [0.25, 0.3) is 0 Å². The topological polar surface area (TPSA) is 80.5 Å². The minimum atomic E-state index is -2.80. The predicted octanol–water partition coefficient (Wildman–Crippen LogP) is 0.874. The summed E-state index contributed by atoms with van der Waals surface area (Å²) in [7, 11) is -2.80. The highest BCUT2D eigenvalue weighted by Crippen LogP contribution is 2.21. The number of thiol groups is 1. The summed E-state index contributed by atoms with van der Waals surface area (Å²) in [5, 5.41) is 0.133. The van der Waals surface area contributed by atoms with Crippen LogP contribution in [0.5, 0.6) is 0 Å². The van der Waals surface area contributed by atoms with E-state index in [4.69, 9.17) is 17.3 Å². The van der Waals surface area contributed by atoms with Gasteiger partial charge in [-0.2, -0.15) is 0 Å². The zero-order valence-electron chi connectivity index (χ0n) is 10.2. The number of rotatable bonds is 2. The molecule has 104 valence electrons. The Hall–Kier alpha value is -1.11. The lowest BCUT2D eigenvalue weighted by molar-refractivity contribution is 0.0714. The van der Waals surface area contributed by atoms with Crippen molar-refractivity contribution in [1.82, 2.24) is 4.90 Å². The fraction of sp³-hybridized carbons (Fsp3) is 0.417. The average Bonchev–Trinajstić information content (AvgIpc) is 2.39. The number of likely N-dealkylation sites (tertiary alicyclic amines) is 1. The summed E-state index contributed by atoms with van der Waals surface area (Å²) in [5.74, 6) is -0.179. The zero-order valence-corrected chi connectivity index (χ0v) is 11.9. The van der Waals surface area contributed by atoms with Gasteiger partial charge in [0.05, 0.1) is 9.92 Å². The molecule has 1 amide bonds. The highest BCUT2D eigenvalue weighted by molar-refractivity contribution is 7.72. The Morgan fingerprint density at radius 3 is 2.53 bits per heavy atom. The predicted molar refractivity (Wildman–Crippen MR) is 73.1 cm³/mol. The lowest BCUT2D eigenvalue weighted by Crippen LogP contribution is -2.42. The van der Waals surface area contributed by atoms with Crippen molar-refractivity contribution >= 4 is 28.2 Å². The largest absolute Gasteiger partial charge is 0.339 e. The van der Waals surface area contributed by atoms with Crippen LogP contribution in [0, 0.1) is 0 Å². The molecule has 0 atom stereocenters. The number of benzene rings is 1. The highest BCUT2D eigenvalue weighted by Gasteiger charge is 2.22. The molecule has 0 bridgehead atoms. The number of carbonyl (C=O) groups is 1. The second kappa shape index (κ2) is 5.90. The molecule has 5 nitrogen and oxygen atoms in total. The molecule has 0 aliphatic carbocycles. The van der Waals surface area contributed by atoms with Gasteiger partial charge in [0.2, 0.25) is 0 Å². The quantitative estimate of drug-likeness (QED) is 0.795. The Morgan fingerprint density at radius 2 is 1.95 bits per heavy atom. The number of halogens is 1. The zero-order chi connectivity index (χ0) is 14.0. The van der Waals surface area contributed by atoms with Crippen molar-refractivity contribution < 1.29 is 13.2 Å². The van der Waals surface area contributed by atoms with Crippen LogP contribution in [0.15, 0.2) is 23.1 Å². The molecule has 0 saturated carbocycles. The molecule has 1 aliphatic heterocycles. The fourth-order valence-corrected chi connectivity index (χ4v) is 2.89. The van der Waals surface area contributed by atoms with Crippen molar-refractivity contribution in [1.29, 1.82) is 0 Å². The summed E-state index contributed by atoms with van der Waals surface area (Å²) in [6, 6.07) is 4.44. The number of hydrogen-bond donors (Lipinski definition) is 2. The van der Waals surface area contributed by atoms with E-state index in [1.807, 2.05) is 0 Å². The van der Waals surface area contributed by atoms with Gasteiger partial charge in [0, 0.05) is 24.7 Å². The number of nitrogens with zero attached hydrogens (tertiary/aromatic N) is 1. The molecule has 1 aliphatic rings. The number of hydrogen-bond acceptors (Lipinski definition) is 4. The van der Waals surface area contributed by atoms with Crippen LogP contribution in [-0.2, 0) is 10.7 Å². The van der Waals surface area contributed by atoms with E-state index in [0.29, 0.717) is 18.7 Å². The summed E-state index contributed by atoms with van der Waals surface area (Å²) < 4.78 is 22.1. The summed E-state index contributed by atoms with van der Waals surface area (Å²) in [5.41, 5.74) is 6.13. The van der Waals surface area contributed by atoms with E-state index in [2.05, 4.69) is 0 Å². The molecule has 0 aromatic heterocycles. The van der Waals surface area contributed by atoms with Gasteiger partial charge in [-0.25, -0.2) is 8.42 Å². The number of piperidine rings is 1. The van der Waals surface area contributed by atoms with Gasteiger partial charge >= 0.3 is 0 Å². The smallest absolute Gasteiger partial charge is 0.253 e. The summed E-state index contributed by atoms with van der Waals surface area (Å²) in [4.78, 5) is 13.9. The van der Waals surface area contributed by atoms with Crippen molar-refractivity contribution in [3.8, 4) is 0 Å². The number of carbonyl (C=O) groups excluding carboxylic acids is 1. The molecule has 7 heteroatoms. The molecule has 2 rings (SSSR count). The first-order valence-electron chi connectivity index (χ1n) is 5.98. The monoisotopic (exact) mass is 302 g/mol. The van der Waals surface area contributed by atoms with Gasteiger partial charge in [0.15, 0.2) is 10.7 Å². The van der Waals surface area contributed by atoms with Crippen LogP contribution in [0.2, 0.25) is 5.02 Å². The number of amides is 1. The standard InChI is InChI=1S/C12H15ClN2O3S/c13-10-2-1-8(7-11(10)19(17)18)12(16)15-5-3-9(14)4-6-15/h1-2,7,9,19H,3-6,14H2. The van der Waals surface area contributed by atoms with E-state index in [1.165, 1.54) is 12.1 Å². The Labute approximate surface area is 118 Å². The minimum absolute atomic E-state index is 0.0174. The van der Waals surface area contributed by atoms with Crippen LogP contribution in [-0.4, -0.2) is 38.4 Å². The van der Waals surface area contributed by atoms with E-state index in [0.717, 1.165) is 12.8 Å². The molecule has 19 heavy (non-hydrogen) atoms. The van der Waals surface area contributed by atoms with Gasteiger partial charge < -0.3 is 10.6 Å². The molecule has 1 aromatic carbocycles. The van der Waals surface area contributed by atoms with E-state index in [1.54, 1.807) is 11.0 Å². The normalized spacial score (nSPS) is 16.9. The Kier molecular flexibility index (Phi) is 4.44. The maximum Gasteiger partial charge on any atom is 0.253 e. The van der Waals surface area contributed by atoms with E-state index in [-0.39, 0.29) is 21.9 Å². The molecule has 1 heterocycles. The second-order valence-electron chi connectivity index (χ2n) is 4.55. The lowest BCUT2D eigenvalue weighted by atomic mass is 10.0. The van der Waals surface area contributed by atoms with Crippen molar-refractivity contribution in [3.05, 3.63) is 28.8 Å². The van der Waals surface area contributed by atoms with E-state index < -0.39 is 10.7 Å². The van der Waals surface area contributed by atoms with Crippen LogP contribution >= 0.6 is 11.6 Å². The molecule has 0 radical (unpaired) electrons. The van der Waals surface area contributed by atoms with E-state index >= 15 is 0 Å². The van der Waals surface area contributed by atoms with Crippen molar-refractivity contribution in [2.75, 3.05) is 13.1 Å². The first kappa shape index (κ1) is 14.3. The molecule has 2 N–H and O–H groups in total. The number of nitrogens with two attached hydrogens (primary N) is 1. The third kappa shape index (κ3) is 3.26. The Balaban J connectivity index is 2.22. The second-order valence-corrected chi connectivity index (χ2v) is 5.96. The Bertz CT molecular complexity index is 558. The first-order chi connectivity index (χ1) is 8.99. The molecule has 1 fully saturated rings. The lowest BCUT2D eigenvalue weighted by Gasteiger charge is -2.30. The van der Waals surface area contributed by atoms with Gasteiger partial charge in [-0.1, -0.05) is 11.6 Å². The van der Waals surface area contributed by atoms with E-state index in [9.17, 15) is 13.2 Å². The maximum absolute atomic E-state index is 12.2. The van der Waals surface area contributed by atoms with Crippen molar-refractivity contribution in [3.63, 3.8) is 0 Å². The molecular formula is C12H15ClN2O3S. The van der Waals surface area contributed by atoms with Crippen LogP contribution in [0.3, 0.4) is 0 Å². The van der Waals surface area contributed by atoms with Crippen LogP contribution in [0.1, 0.15) is 23.2 Å². The fourth-order valence-electron chi connectivity index (χ4n) is 2.07. The molecule has 1 saturated heterocycles. The minimum Gasteiger partial charge on any atom is -0.339 e. The van der Waals surface area contributed by atoms with Gasteiger partial charge in [-0.15, -0.1) is 0 Å². The van der Waals surface area contributed by atoms with Gasteiger partial charge in [0.1, 0.15) is 0 Å². The van der Waals surface area contributed by atoms with Gasteiger partial charge in [0.25, 0.3) is 5.91 Å². The Morgan fingerprint density at radius 1 is 1.32 bits per heavy atom. The summed E-state index contributed by atoms with van der Waals surface area (Å²) in [6.45, 7) is 1.20. The van der Waals surface area contributed by atoms with Crippen LogP contribution in [0.4, 0.5) is 0 Å². The molecule has 1 aromatic rings. The molecular weight excluding hydrogens is 288 g/mol. The summed E-state index contributed by atoms with van der Waals surface area (Å²) >= 11 is 5.78. The molecule has 0 unspecified atom stereocenters. The van der Waals surface area contributed by atoms with Gasteiger partial charge in [-0.3, -0.25) is 4.79 Å². The third-order valence-electron chi connectivity index (χ3n) is 3.22. The third-order valence-corrected chi connectivity index (χ3v) is 4.44. The maximum atomic E-state index is 12.2. The van der Waals surface area contributed by atoms with Crippen molar-refractivity contribution in [2.24, 2.45) is 5.73 Å². The van der Waals surface area contributed by atoms with Crippen molar-refractivity contribution in [2.45, 2.75) is 23.8 Å². The SMILES string of the molecule is NC1CCN(C(=O)c2ccc(Cl)c([SH](=O)=O)c2)CC1. The summed E-state index contributed by atoms with van der Waals surface area (Å²) in [6.07, 6.45) is 1.53. The first-order valence-corrected chi connectivity index (χ1v) is 7.53.